The van der Waals surface area contributed by atoms with E-state index in [1.54, 1.807) is 6.20 Å². The van der Waals surface area contributed by atoms with E-state index in [2.05, 4.69) is 6.08 Å². The molecule has 0 unspecified atom stereocenters. The summed E-state index contributed by atoms with van der Waals surface area (Å²) >= 11 is 0. The van der Waals surface area contributed by atoms with Crippen molar-refractivity contribution in [3.63, 3.8) is 0 Å². The topological polar surface area (TPSA) is 40.5 Å². The lowest BCUT2D eigenvalue weighted by Gasteiger charge is -2.32. The van der Waals surface area contributed by atoms with Crippen LogP contribution in [0.2, 0.25) is 0 Å². The summed E-state index contributed by atoms with van der Waals surface area (Å²) < 4.78 is 0. The van der Waals surface area contributed by atoms with Gasteiger partial charge in [-0.15, -0.1) is 0 Å². The van der Waals surface area contributed by atoms with Crippen LogP contribution in [0.15, 0.2) is 12.3 Å². The van der Waals surface area contributed by atoms with Gasteiger partial charge in [0.25, 0.3) is 0 Å². The number of nitrogens with zero attached hydrogens (tertiary/aromatic N) is 1. The molecule has 2 aliphatic rings. The fourth-order valence-corrected chi connectivity index (χ4v) is 2.40. The van der Waals surface area contributed by atoms with Crippen molar-refractivity contribution in [2.75, 3.05) is 6.54 Å². The number of carbonyl (C=O) groups is 1. The number of allylic oxidation sites excluding steroid dienone is 1. The molecule has 1 saturated carbocycles. The van der Waals surface area contributed by atoms with Gasteiger partial charge in [0.05, 0.1) is 0 Å². The third-order valence-electron chi connectivity index (χ3n) is 3.30. The first kappa shape index (κ1) is 8.60. The summed E-state index contributed by atoms with van der Waals surface area (Å²) in [6.07, 6.45) is 9.14. The van der Waals surface area contributed by atoms with Crippen LogP contribution in [0.3, 0.4) is 0 Å². The van der Waals surface area contributed by atoms with Gasteiger partial charge >= 0.3 is 6.09 Å². The quantitative estimate of drug-likeness (QED) is 0.623. The first-order chi connectivity index (χ1) is 6.22. The van der Waals surface area contributed by atoms with E-state index in [0.717, 1.165) is 6.42 Å². The average molecular weight is 181 g/mol. The van der Waals surface area contributed by atoms with Crippen LogP contribution < -0.4 is 0 Å². The molecular formula is C10H15NO2. The van der Waals surface area contributed by atoms with Gasteiger partial charge in [-0.1, -0.05) is 18.9 Å². The first-order valence-corrected chi connectivity index (χ1v) is 4.91. The maximum Gasteiger partial charge on any atom is 0.411 e. The van der Waals surface area contributed by atoms with Crippen LogP contribution in [0.5, 0.6) is 0 Å². The largest absolute Gasteiger partial charge is 0.465 e. The molecule has 1 N–H and O–H groups in total. The molecule has 0 aromatic heterocycles. The summed E-state index contributed by atoms with van der Waals surface area (Å²) in [5, 5.41) is 8.74. The van der Waals surface area contributed by atoms with Crippen molar-refractivity contribution < 1.29 is 9.90 Å². The molecule has 13 heavy (non-hydrogen) atoms. The minimum Gasteiger partial charge on any atom is -0.465 e. The molecule has 0 aromatic carbocycles. The Morgan fingerprint density at radius 3 is 2.46 bits per heavy atom. The Kier molecular flexibility index (Phi) is 2.02. The lowest BCUT2D eigenvalue weighted by atomic mass is 9.81. The Bertz CT molecular complexity index is 241. The van der Waals surface area contributed by atoms with Crippen molar-refractivity contribution in [1.82, 2.24) is 4.90 Å². The van der Waals surface area contributed by atoms with Crippen LogP contribution in [0.25, 0.3) is 0 Å². The van der Waals surface area contributed by atoms with Crippen molar-refractivity contribution >= 4 is 6.09 Å². The molecule has 0 bridgehead atoms. The molecule has 1 amide bonds. The van der Waals surface area contributed by atoms with E-state index in [1.807, 2.05) is 0 Å². The van der Waals surface area contributed by atoms with Crippen LogP contribution in [0, 0.1) is 5.41 Å². The normalized spacial score (nSPS) is 25.4. The van der Waals surface area contributed by atoms with E-state index in [0.29, 0.717) is 12.0 Å². The SMILES string of the molecule is O=C(O)N1C=CC2(CCCC2)CC1. The van der Waals surface area contributed by atoms with Crippen molar-refractivity contribution in [2.24, 2.45) is 5.41 Å². The van der Waals surface area contributed by atoms with Gasteiger partial charge in [-0.3, -0.25) is 4.90 Å². The summed E-state index contributed by atoms with van der Waals surface area (Å²) in [7, 11) is 0. The van der Waals surface area contributed by atoms with Gasteiger partial charge < -0.3 is 5.11 Å². The lowest BCUT2D eigenvalue weighted by molar-refractivity contribution is 0.151. The van der Waals surface area contributed by atoms with Crippen LogP contribution in [-0.2, 0) is 0 Å². The van der Waals surface area contributed by atoms with Crippen molar-refractivity contribution in [1.29, 1.82) is 0 Å². The molecule has 3 heteroatoms. The maximum absolute atomic E-state index is 10.6. The molecule has 0 saturated heterocycles. The highest BCUT2D eigenvalue weighted by atomic mass is 16.4. The lowest BCUT2D eigenvalue weighted by Crippen LogP contribution is -2.33. The summed E-state index contributed by atoms with van der Waals surface area (Å²) in [6.45, 7) is 0.672. The van der Waals surface area contributed by atoms with Crippen LogP contribution in [0.1, 0.15) is 32.1 Å². The van der Waals surface area contributed by atoms with Crippen LogP contribution >= 0.6 is 0 Å². The highest BCUT2D eigenvalue weighted by Crippen LogP contribution is 2.44. The van der Waals surface area contributed by atoms with E-state index in [9.17, 15) is 4.79 Å². The minimum absolute atomic E-state index is 0.353. The summed E-state index contributed by atoms with van der Waals surface area (Å²) in [6, 6.07) is 0. The fraction of sp³-hybridized carbons (Fsp3) is 0.700. The Morgan fingerprint density at radius 1 is 1.31 bits per heavy atom. The van der Waals surface area contributed by atoms with Crippen LogP contribution in [0.4, 0.5) is 4.79 Å². The maximum atomic E-state index is 10.6. The number of carboxylic acid groups (broad SMARTS) is 1. The third kappa shape index (κ3) is 1.55. The smallest absolute Gasteiger partial charge is 0.411 e. The molecule has 72 valence electrons. The van der Waals surface area contributed by atoms with Gasteiger partial charge in [0.1, 0.15) is 0 Å². The van der Waals surface area contributed by atoms with E-state index in [4.69, 9.17) is 5.11 Å². The monoisotopic (exact) mass is 181 g/mol. The molecule has 0 aromatic rings. The highest BCUT2D eigenvalue weighted by molar-refractivity contribution is 5.66. The number of amides is 1. The zero-order valence-electron chi connectivity index (χ0n) is 7.70. The first-order valence-electron chi connectivity index (χ1n) is 4.91. The predicted molar refractivity (Wildman–Crippen MR) is 49.4 cm³/mol. The average Bonchev–Trinajstić information content (AvgIpc) is 2.54. The zero-order chi connectivity index (χ0) is 9.31. The number of hydrogen-bond donors (Lipinski definition) is 1. The molecule has 1 fully saturated rings. The zero-order valence-corrected chi connectivity index (χ0v) is 7.70. The summed E-state index contributed by atoms with van der Waals surface area (Å²) in [4.78, 5) is 12.0. The van der Waals surface area contributed by atoms with Gasteiger partial charge in [0.2, 0.25) is 0 Å². The van der Waals surface area contributed by atoms with Crippen molar-refractivity contribution in [3.05, 3.63) is 12.3 Å². The number of hydrogen-bond acceptors (Lipinski definition) is 1. The molecule has 0 atom stereocenters. The Balaban J connectivity index is 2.06. The molecule has 0 radical (unpaired) electrons. The number of rotatable bonds is 0. The fourth-order valence-electron chi connectivity index (χ4n) is 2.40. The minimum atomic E-state index is -0.830. The molecule has 1 spiro atoms. The second kappa shape index (κ2) is 3.05. The second-order valence-electron chi connectivity index (χ2n) is 4.11. The van der Waals surface area contributed by atoms with Gasteiger partial charge in [-0.25, -0.2) is 4.79 Å². The van der Waals surface area contributed by atoms with E-state index in [1.165, 1.54) is 30.6 Å². The van der Waals surface area contributed by atoms with E-state index >= 15 is 0 Å². The van der Waals surface area contributed by atoms with Gasteiger partial charge in [-0.05, 0) is 24.7 Å². The summed E-state index contributed by atoms with van der Waals surface area (Å²) in [5.41, 5.74) is 0.353. The van der Waals surface area contributed by atoms with Crippen molar-refractivity contribution in [2.45, 2.75) is 32.1 Å². The summed E-state index contributed by atoms with van der Waals surface area (Å²) in [5.74, 6) is 0. The van der Waals surface area contributed by atoms with Gasteiger partial charge in [0.15, 0.2) is 0 Å². The van der Waals surface area contributed by atoms with E-state index < -0.39 is 6.09 Å². The Morgan fingerprint density at radius 2 is 2.00 bits per heavy atom. The molecule has 3 nitrogen and oxygen atoms in total. The second-order valence-corrected chi connectivity index (χ2v) is 4.11. The van der Waals surface area contributed by atoms with Gasteiger partial charge in [-0.2, -0.15) is 0 Å². The third-order valence-corrected chi connectivity index (χ3v) is 3.30. The Labute approximate surface area is 78.0 Å². The molecule has 2 rings (SSSR count). The molecule has 1 heterocycles. The van der Waals surface area contributed by atoms with Crippen LogP contribution in [-0.4, -0.2) is 22.6 Å². The van der Waals surface area contributed by atoms with Crippen molar-refractivity contribution in [3.8, 4) is 0 Å². The standard InChI is InChI=1S/C10H15NO2/c12-9(13)11-7-5-10(6-8-11)3-1-2-4-10/h5,7H,1-4,6,8H2,(H,12,13). The molecule has 1 aliphatic carbocycles. The van der Waals surface area contributed by atoms with E-state index in [-0.39, 0.29) is 0 Å². The highest BCUT2D eigenvalue weighted by Gasteiger charge is 2.34. The molecule has 1 aliphatic heterocycles. The predicted octanol–water partition coefficient (Wildman–Crippen LogP) is 2.44. The Hall–Kier alpha value is -0.990. The van der Waals surface area contributed by atoms with Gasteiger partial charge in [0, 0.05) is 12.7 Å². The molecular weight excluding hydrogens is 166 g/mol.